The first kappa shape index (κ1) is 7.12. The number of nitrogens with one attached hydrogen (secondary N) is 1. The molecule has 0 aliphatic heterocycles. The predicted molar refractivity (Wildman–Crippen MR) is 37.9 cm³/mol. The van der Waals surface area contributed by atoms with Crippen LogP contribution in [0.2, 0.25) is 0 Å². The highest BCUT2D eigenvalue weighted by molar-refractivity contribution is 4.91. The highest BCUT2D eigenvalue weighted by Crippen LogP contribution is 2.01. The average Bonchev–Trinajstić information content (AvgIpc) is 2.13. The van der Waals surface area contributed by atoms with Gasteiger partial charge in [0.05, 0.1) is 5.69 Å². The van der Waals surface area contributed by atoms with Crippen LogP contribution in [0.5, 0.6) is 0 Å². The topological polar surface area (TPSA) is 46.0 Å². The second-order valence-corrected chi connectivity index (χ2v) is 2.77. The van der Waals surface area contributed by atoms with E-state index in [-0.39, 0.29) is 5.76 Å². The zero-order valence-corrected chi connectivity index (χ0v) is 6.18. The molecule has 0 fully saturated rings. The summed E-state index contributed by atoms with van der Waals surface area (Å²) in [6.45, 7) is 4.18. The standard InChI is InChI=1S/C7H11NO2/c1-5(2)3-6-4-10-7(9)8-6/h4-5H,3H2,1-2H3,(H,8,9). The van der Waals surface area contributed by atoms with Gasteiger partial charge in [0.1, 0.15) is 6.26 Å². The summed E-state index contributed by atoms with van der Waals surface area (Å²) in [5, 5.41) is 0. The van der Waals surface area contributed by atoms with Crippen molar-refractivity contribution in [2.45, 2.75) is 20.3 Å². The van der Waals surface area contributed by atoms with E-state index < -0.39 is 0 Å². The molecule has 3 nitrogen and oxygen atoms in total. The third-order valence-electron chi connectivity index (χ3n) is 1.20. The molecular weight excluding hydrogens is 130 g/mol. The van der Waals surface area contributed by atoms with Gasteiger partial charge in [-0.3, -0.25) is 4.98 Å². The molecule has 1 N–H and O–H groups in total. The van der Waals surface area contributed by atoms with Crippen LogP contribution >= 0.6 is 0 Å². The van der Waals surface area contributed by atoms with Crippen LogP contribution in [-0.4, -0.2) is 4.98 Å². The summed E-state index contributed by atoms with van der Waals surface area (Å²) in [6.07, 6.45) is 2.34. The van der Waals surface area contributed by atoms with Gasteiger partial charge < -0.3 is 4.42 Å². The van der Waals surface area contributed by atoms with Crippen molar-refractivity contribution < 1.29 is 4.42 Å². The lowest BCUT2D eigenvalue weighted by Crippen LogP contribution is -1.99. The van der Waals surface area contributed by atoms with Crippen molar-refractivity contribution in [1.82, 2.24) is 4.98 Å². The number of hydrogen-bond acceptors (Lipinski definition) is 2. The van der Waals surface area contributed by atoms with Gasteiger partial charge in [0.2, 0.25) is 0 Å². The highest BCUT2D eigenvalue weighted by atomic mass is 16.4. The molecule has 0 aromatic carbocycles. The first-order chi connectivity index (χ1) is 4.68. The molecule has 0 spiro atoms. The molecule has 0 aliphatic carbocycles. The second kappa shape index (κ2) is 2.73. The maximum atomic E-state index is 10.4. The molecule has 10 heavy (non-hydrogen) atoms. The van der Waals surface area contributed by atoms with E-state index in [0.717, 1.165) is 12.1 Å². The van der Waals surface area contributed by atoms with Gasteiger partial charge in [-0.1, -0.05) is 13.8 Å². The Bertz CT molecular complexity index is 246. The number of oxazole rings is 1. The minimum atomic E-state index is -0.365. The predicted octanol–water partition coefficient (Wildman–Crippen LogP) is 1.17. The van der Waals surface area contributed by atoms with Gasteiger partial charge in [0.25, 0.3) is 0 Å². The Morgan fingerprint density at radius 3 is 2.80 bits per heavy atom. The molecule has 0 saturated carbocycles. The fourth-order valence-electron chi connectivity index (χ4n) is 0.854. The van der Waals surface area contributed by atoms with Gasteiger partial charge in [-0.25, -0.2) is 4.79 Å². The van der Waals surface area contributed by atoms with Gasteiger partial charge in [-0.2, -0.15) is 0 Å². The Hall–Kier alpha value is -0.990. The molecule has 0 saturated heterocycles. The van der Waals surface area contributed by atoms with Crippen molar-refractivity contribution in [2.75, 3.05) is 0 Å². The number of aromatic amines is 1. The van der Waals surface area contributed by atoms with Crippen LogP contribution in [-0.2, 0) is 6.42 Å². The van der Waals surface area contributed by atoms with E-state index >= 15 is 0 Å². The minimum absolute atomic E-state index is 0.365. The molecule has 0 atom stereocenters. The fraction of sp³-hybridized carbons (Fsp3) is 0.571. The smallest absolute Gasteiger partial charge is 0.416 e. The number of H-pyrrole nitrogens is 1. The quantitative estimate of drug-likeness (QED) is 0.671. The SMILES string of the molecule is CC(C)Cc1coc(=O)[nH]1. The Morgan fingerprint density at radius 2 is 2.40 bits per heavy atom. The summed E-state index contributed by atoms with van der Waals surface area (Å²) in [7, 11) is 0. The van der Waals surface area contributed by atoms with Gasteiger partial charge in [-0.05, 0) is 12.3 Å². The molecule has 3 heteroatoms. The summed E-state index contributed by atoms with van der Waals surface area (Å²) >= 11 is 0. The molecule has 0 amide bonds. The van der Waals surface area contributed by atoms with Gasteiger partial charge in [0, 0.05) is 0 Å². The molecule has 0 aliphatic rings. The largest absolute Gasteiger partial charge is 0.416 e. The van der Waals surface area contributed by atoms with E-state index in [1.54, 1.807) is 0 Å². The Morgan fingerprint density at radius 1 is 1.70 bits per heavy atom. The minimum Gasteiger partial charge on any atom is -0.416 e. The molecular formula is C7H11NO2. The first-order valence-electron chi connectivity index (χ1n) is 3.35. The van der Waals surface area contributed by atoms with Crippen LogP contribution in [0.15, 0.2) is 15.5 Å². The van der Waals surface area contributed by atoms with Crippen molar-refractivity contribution in [3.63, 3.8) is 0 Å². The maximum absolute atomic E-state index is 10.4. The van der Waals surface area contributed by atoms with Crippen LogP contribution in [0.1, 0.15) is 19.5 Å². The van der Waals surface area contributed by atoms with Crippen molar-refractivity contribution >= 4 is 0 Å². The van der Waals surface area contributed by atoms with E-state index in [9.17, 15) is 4.79 Å². The van der Waals surface area contributed by atoms with E-state index in [4.69, 9.17) is 0 Å². The summed E-state index contributed by atoms with van der Waals surface area (Å²) in [5.74, 6) is 0.184. The number of aromatic nitrogens is 1. The average molecular weight is 141 g/mol. The van der Waals surface area contributed by atoms with E-state index in [2.05, 4.69) is 23.2 Å². The number of rotatable bonds is 2. The molecule has 0 bridgehead atoms. The molecule has 1 heterocycles. The normalized spacial score (nSPS) is 10.7. The van der Waals surface area contributed by atoms with Gasteiger partial charge in [0.15, 0.2) is 0 Å². The van der Waals surface area contributed by atoms with Crippen LogP contribution in [0.25, 0.3) is 0 Å². The van der Waals surface area contributed by atoms with Crippen LogP contribution in [0, 0.1) is 5.92 Å². The summed E-state index contributed by atoms with van der Waals surface area (Å²) in [4.78, 5) is 13.0. The third kappa shape index (κ3) is 1.76. The Kier molecular flexibility index (Phi) is 1.94. The molecule has 0 unspecified atom stereocenters. The monoisotopic (exact) mass is 141 g/mol. The van der Waals surface area contributed by atoms with Crippen molar-refractivity contribution in [3.8, 4) is 0 Å². The zero-order chi connectivity index (χ0) is 7.56. The van der Waals surface area contributed by atoms with E-state index in [1.165, 1.54) is 6.26 Å². The lowest BCUT2D eigenvalue weighted by atomic mass is 10.1. The summed E-state index contributed by atoms with van der Waals surface area (Å²) < 4.78 is 4.55. The lowest BCUT2D eigenvalue weighted by molar-refractivity contribution is 0.513. The first-order valence-corrected chi connectivity index (χ1v) is 3.35. The van der Waals surface area contributed by atoms with Gasteiger partial charge >= 0.3 is 5.76 Å². The van der Waals surface area contributed by atoms with Crippen molar-refractivity contribution in [3.05, 3.63) is 22.5 Å². The van der Waals surface area contributed by atoms with Crippen LogP contribution in [0.3, 0.4) is 0 Å². The third-order valence-corrected chi connectivity index (χ3v) is 1.20. The second-order valence-electron chi connectivity index (χ2n) is 2.77. The van der Waals surface area contributed by atoms with Crippen molar-refractivity contribution in [2.24, 2.45) is 5.92 Å². The van der Waals surface area contributed by atoms with Crippen LogP contribution < -0.4 is 5.76 Å². The molecule has 56 valence electrons. The summed E-state index contributed by atoms with van der Waals surface area (Å²) in [5.41, 5.74) is 0.875. The Labute approximate surface area is 59.1 Å². The van der Waals surface area contributed by atoms with Crippen LogP contribution in [0.4, 0.5) is 0 Å². The lowest BCUT2D eigenvalue weighted by Gasteiger charge is -1.97. The summed E-state index contributed by atoms with van der Waals surface area (Å²) in [6, 6.07) is 0. The van der Waals surface area contributed by atoms with Gasteiger partial charge in [-0.15, -0.1) is 0 Å². The molecule has 0 radical (unpaired) electrons. The molecule has 1 rings (SSSR count). The highest BCUT2D eigenvalue weighted by Gasteiger charge is 1.99. The zero-order valence-electron chi connectivity index (χ0n) is 6.18. The number of hydrogen-bond donors (Lipinski definition) is 1. The van der Waals surface area contributed by atoms with E-state index in [1.807, 2.05) is 0 Å². The maximum Gasteiger partial charge on any atom is 0.416 e. The van der Waals surface area contributed by atoms with Crippen molar-refractivity contribution in [1.29, 1.82) is 0 Å². The molecule has 1 aromatic rings. The molecule has 1 aromatic heterocycles. The van der Waals surface area contributed by atoms with E-state index in [0.29, 0.717) is 5.92 Å². The fourth-order valence-corrected chi connectivity index (χ4v) is 0.854. The Balaban J connectivity index is 2.67.